The molecule has 2 aromatic heterocycles. The van der Waals surface area contributed by atoms with Crippen molar-refractivity contribution >= 4 is 55.5 Å². The third-order valence-corrected chi connectivity index (χ3v) is 5.87. The fourth-order valence-electron chi connectivity index (χ4n) is 4.01. The molecule has 0 fully saturated rings. The lowest BCUT2D eigenvalue weighted by Gasteiger charge is -2.16. The minimum atomic E-state index is -0.478. The Labute approximate surface area is 192 Å². The maximum atomic E-state index is 12.6. The lowest BCUT2D eigenvalue weighted by molar-refractivity contribution is -0.103. The number of amides is 2. The fraction of sp³-hybridized carbons (Fsp3) is 0.217. The summed E-state index contributed by atoms with van der Waals surface area (Å²) in [5, 5.41) is 1.72. The Morgan fingerprint density at radius 1 is 1.06 bits per heavy atom. The number of hydroxylamine groups is 2. The van der Waals surface area contributed by atoms with Gasteiger partial charge in [-0.1, -0.05) is 41.9 Å². The number of halogens is 1. The Balaban J connectivity index is 1.57. The van der Waals surface area contributed by atoms with Gasteiger partial charge in [0.1, 0.15) is 17.9 Å². The zero-order chi connectivity index (χ0) is 22.6. The predicted octanol–water partition coefficient (Wildman–Crippen LogP) is 4.31. The zero-order valence-electron chi connectivity index (χ0n) is 17.5. The molecule has 4 aromatic rings. The normalized spacial score (nSPS) is 13.7. The first-order valence-electron chi connectivity index (χ1n) is 10.2. The molecule has 0 radical (unpaired) electrons. The second-order valence-corrected chi connectivity index (χ2v) is 9.03. The number of nitrogen functional groups attached to an aromatic ring is 1. The number of benzene rings is 2. The molecule has 3 heterocycles. The first-order valence-corrected chi connectivity index (χ1v) is 11.0. The number of carbonyl (C=O) groups is 2. The van der Waals surface area contributed by atoms with Gasteiger partial charge in [0, 0.05) is 16.4 Å². The maximum Gasteiger partial charge on any atom is 0.285 e. The van der Waals surface area contributed by atoms with Crippen molar-refractivity contribution in [1.82, 2.24) is 19.6 Å². The number of hydrogen-bond donors (Lipinski definition) is 1. The fourth-order valence-corrected chi connectivity index (χ4v) is 4.36. The summed E-state index contributed by atoms with van der Waals surface area (Å²) >= 11 is 3.48. The monoisotopic (exact) mass is 493 g/mol. The van der Waals surface area contributed by atoms with Crippen molar-refractivity contribution in [1.29, 1.82) is 0 Å². The van der Waals surface area contributed by atoms with Gasteiger partial charge >= 0.3 is 0 Å². The van der Waals surface area contributed by atoms with E-state index in [0.717, 1.165) is 26.0 Å². The maximum absolute atomic E-state index is 12.6. The van der Waals surface area contributed by atoms with Crippen molar-refractivity contribution in [2.45, 2.75) is 27.0 Å². The van der Waals surface area contributed by atoms with Crippen molar-refractivity contribution in [2.75, 3.05) is 5.73 Å². The Morgan fingerprint density at radius 2 is 1.75 bits per heavy atom. The first-order chi connectivity index (χ1) is 15.3. The molecule has 0 spiro atoms. The van der Waals surface area contributed by atoms with E-state index in [-0.39, 0.29) is 6.61 Å². The van der Waals surface area contributed by atoms with Crippen LogP contribution in [0.25, 0.3) is 21.9 Å². The van der Waals surface area contributed by atoms with E-state index in [1.54, 1.807) is 24.3 Å². The molecule has 32 heavy (non-hydrogen) atoms. The topological polar surface area (TPSA) is 103 Å². The SMILES string of the molecule is CC(C)Cn1c(CON2C(=O)c3ccccc3C2=O)nc2c(N)nc3cc(Br)ccc3c21. The van der Waals surface area contributed by atoms with E-state index in [1.807, 2.05) is 22.8 Å². The Hall–Kier alpha value is -3.30. The van der Waals surface area contributed by atoms with Crippen LogP contribution in [-0.4, -0.2) is 31.4 Å². The summed E-state index contributed by atoms with van der Waals surface area (Å²) in [7, 11) is 0. The molecule has 0 saturated carbocycles. The second kappa shape index (κ2) is 7.68. The Morgan fingerprint density at radius 3 is 2.41 bits per heavy atom. The average molecular weight is 494 g/mol. The van der Waals surface area contributed by atoms with Gasteiger partial charge in [0.2, 0.25) is 0 Å². The lowest BCUT2D eigenvalue weighted by atomic mass is 10.1. The van der Waals surface area contributed by atoms with Crippen LogP contribution in [0.2, 0.25) is 0 Å². The van der Waals surface area contributed by atoms with Crippen LogP contribution in [-0.2, 0) is 18.0 Å². The molecule has 2 aromatic carbocycles. The zero-order valence-corrected chi connectivity index (χ0v) is 19.1. The van der Waals surface area contributed by atoms with Crippen LogP contribution in [0.3, 0.4) is 0 Å². The number of anilines is 1. The number of hydrogen-bond acceptors (Lipinski definition) is 6. The third kappa shape index (κ3) is 3.25. The number of carbonyl (C=O) groups excluding carboxylic acids is 2. The van der Waals surface area contributed by atoms with Gasteiger partial charge in [0.25, 0.3) is 11.8 Å². The summed E-state index contributed by atoms with van der Waals surface area (Å²) in [5.41, 5.74) is 9.09. The summed E-state index contributed by atoms with van der Waals surface area (Å²) in [5.74, 6) is 0.233. The van der Waals surface area contributed by atoms with E-state index in [1.165, 1.54) is 0 Å². The minimum Gasteiger partial charge on any atom is -0.382 e. The highest BCUT2D eigenvalue weighted by atomic mass is 79.9. The number of imide groups is 1. The molecule has 0 unspecified atom stereocenters. The van der Waals surface area contributed by atoms with Crippen LogP contribution >= 0.6 is 15.9 Å². The van der Waals surface area contributed by atoms with Crippen molar-refractivity contribution in [2.24, 2.45) is 5.92 Å². The number of aromatic nitrogens is 3. The number of nitrogens with zero attached hydrogens (tertiary/aromatic N) is 4. The van der Waals surface area contributed by atoms with Crippen LogP contribution in [0, 0.1) is 5.92 Å². The third-order valence-electron chi connectivity index (χ3n) is 5.37. The van der Waals surface area contributed by atoms with E-state index in [2.05, 4.69) is 39.7 Å². The molecule has 9 heteroatoms. The van der Waals surface area contributed by atoms with Gasteiger partial charge in [-0.25, -0.2) is 9.97 Å². The van der Waals surface area contributed by atoms with Crippen molar-refractivity contribution < 1.29 is 14.4 Å². The van der Waals surface area contributed by atoms with E-state index >= 15 is 0 Å². The van der Waals surface area contributed by atoms with E-state index < -0.39 is 11.8 Å². The summed E-state index contributed by atoms with van der Waals surface area (Å²) in [6, 6.07) is 12.5. The van der Waals surface area contributed by atoms with Crippen LogP contribution in [0.4, 0.5) is 5.82 Å². The molecule has 0 aliphatic carbocycles. The second-order valence-electron chi connectivity index (χ2n) is 8.11. The van der Waals surface area contributed by atoms with Crippen LogP contribution in [0.1, 0.15) is 40.4 Å². The molecular formula is C23H20BrN5O3. The van der Waals surface area contributed by atoms with Gasteiger partial charge in [-0.05, 0) is 36.2 Å². The highest BCUT2D eigenvalue weighted by molar-refractivity contribution is 9.10. The molecular weight excluding hydrogens is 474 g/mol. The van der Waals surface area contributed by atoms with Crippen LogP contribution < -0.4 is 5.73 Å². The van der Waals surface area contributed by atoms with Gasteiger partial charge in [-0.2, -0.15) is 0 Å². The van der Waals surface area contributed by atoms with Gasteiger partial charge in [-0.15, -0.1) is 5.06 Å². The molecule has 0 atom stereocenters. The largest absolute Gasteiger partial charge is 0.382 e. The summed E-state index contributed by atoms with van der Waals surface area (Å²) in [4.78, 5) is 40.2. The van der Waals surface area contributed by atoms with E-state index in [0.29, 0.717) is 40.7 Å². The van der Waals surface area contributed by atoms with E-state index in [9.17, 15) is 9.59 Å². The molecule has 8 nitrogen and oxygen atoms in total. The van der Waals surface area contributed by atoms with Gasteiger partial charge in [0.15, 0.2) is 5.82 Å². The highest BCUT2D eigenvalue weighted by Crippen LogP contribution is 2.32. The molecule has 1 aliphatic rings. The van der Waals surface area contributed by atoms with Crippen molar-refractivity contribution in [3.63, 3.8) is 0 Å². The van der Waals surface area contributed by atoms with E-state index in [4.69, 9.17) is 10.6 Å². The van der Waals surface area contributed by atoms with Crippen molar-refractivity contribution in [3.8, 4) is 0 Å². The van der Waals surface area contributed by atoms with Crippen molar-refractivity contribution in [3.05, 3.63) is 63.9 Å². The molecule has 2 amide bonds. The number of nitrogens with two attached hydrogens (primary N) is 1. The summed E-state index contributed by atoms with van der Waals surface area (Å²) < 4.78 is 2.94. The Bertz CT molecular complexity index is 1380. The molecule has 2 N–H and O–H groups in total. The first kappa shape index (κ1) is 20.6. The smallest absolute Gasteiger partial charge is 0.285 e. The van der Waals surface area contributed by atoms with Crippen LogP contribution in [0.5, 0.6) is 0 Å². The standard InChI is InChI=1S/C23H20BrN5O3/c1-12(2)10-28-18(11-32-29-22(30)14-5-3-4-6-15(14)23(29)31)27-19-20(28)16-8-7-13(24)9-17(16)26-21(19)25/h3-9,12H,10-11H2,1-2H3,(H2,25,26). The number of pyridine rings is 1. The number of rotatable bonds is 5. The number of fused-ring (bicyclic) bond motifs is 4. The predicted molar refractivity (Wildman–Crippen MR) is 124 cm³/mol. The van der Waals surface area contributed by atoms with Crippen LogP contribution in [0.15, 0.2) is 46.9 Å². The number of imidazole rings is 1. The molecule has 162 valence electrons. The quantitative estimate of drug-likeness (QED) is 0.415. The highest BCUT2D eigenvalue weighted by Gasteiger charge is 2.37. The minimum absolute atomic E-state index is 0.0651. The summed E-state index contributed by atoms with van der Waals surface area (Å²) in [6.07, 6.45) is 0. The molecule has 5 rings (SSSR count). The molecule has 0 bridgehead atoms. The van der Waals surface area contributed by atoms with Gasteiger partial charge in [0.05, 0.1) is 22.2 Å². The molecule has 1 aliphatic heterocycles. The van der Waals surface area contributed by atoms with Gasteiger partial charge in [-0.3, -0.25) is 14.4 Å². The summed E-state index contributed by atoms with van der Waals surface area (Å²) in [6.45, 7) is 4.80. The molecule has 0 saturated heterocycles. The lowest BCUT2D eigenvalue weighted by Crippen LogP contribution is -2.30. The Kier molecular flexibility index (Phi) is 4.94. The van der Waals surface area contributed by atoms with Gasteiger partial charge < -0.3 is 10.3 Å². The average Bonchev–Trinajstić information content (AvgIpc) is 3.22.